The van der Waals surface area contributed by atoms with Crippen LogP contribution in [0.1, 0.15) is 12.0 Å². The largest absolute Gasteiger partial charge is 0.326 e. The number of benzene rings is 1. The van der Waals surface area contributed by atoms with Gasteiger partial charge in [0.1, 0.15) is 0 Å². The van der Waals surface area contributed by atoms with E-state index in [1.54, 1.807) is 0 Å². The van der Waals surface area contributed by atoms with Gasteiger partial charge in [0.25, 0.3) is 0 Å². The summed E-state index contributed by atoms with van der Waals surface area (Å²) >= 11 is 5.32. The van der Waals surface area contributed by atoms with Gasteiger partial charge in [0.2, 0.25) is 5.91 Å². The summed E-state index contributed by atoms with van der Waals surface area (Å²) in [7, 11) is 0. The Kier molecular flexibility index (Phi) is 5.09. The molecule has 1 amide bonds. The van der Waals surface area contributed by atoms with Crippen molar-refractivity contribution in [2.75, 3.05) is 23.4 Å². The third-order valence-corrected chi connectivity index (χ3v) is 4.52. The van der Waals surface area contributed by atoms with Crippen molar-refractivity contribution >= 4 is 39.3 Å². The number of anilines is 1. The first kappa shape index (κ1) is 13.9. The van der Waals surface area contributed by atoms with Crippen molar-refractivity contribution < 1.29 is 4.79 Å². The summed E-state index contributed by atoms with van der Waals surface area (Å²) in [6, 6.07) is 6.18. The molecular formula is C13H17BrN2OS. The van der Waals surface area contributed by atoms with Crippen LogP contribution in [0.2, 0.25) is 0 Å². The molecule has 1 unspecified atom stereocenters. The number of carbonyl (C=O) groups excluding carboxylic acids is 1. The summed E-state index contributed by atoms with van der Waals surface area (Å²) in [5, 5.41) is 6.35. The molecule has 1 aromatic rings. The summed E-state index contributed by atoms with van der Waals surface area (Å²) in [5.74, 6) is 2.25. The van der Waals surface area contributed by atoms with Gasteiger partial charge < -0.3 is 10.6 Å². The minimum atomic E-state index is 0.0837. The number of nitrogens with one attached hydrogen (secondary N) is 2. The fourth-order valence-corrected chi connectivity index (χ4v) is 3.37. The molecule has 5 heteroatoms. The highest BCUT2D eigenvalue weighted by Crippen LogP contribution is 2.20. The topological polar surface area (TPSA) is 41.1 Å². The van der Waals surface area contributed by atoms with Gasteiger partial charge in [-0.2, -0.15) is 11.8 Å². The van der Waals surface area contributed by atoms with Crippen LogP contribution in [0.25, 0.3) is 0 Å². The van der Waals surface area contributed by atoms with Crippen LogP contribution in [-0.2, 0) is 4.79 Å². The molecule has 0 aromatic heterocycles. The van der Waals surface area contributed by atoms with Gasteiger partial charge in [-0.15, -0.1) is 0 Å². The number of rotatable bonds is 3. The van der Waals surface area contributed by atoms with Crippen molar-refractivity contribution in [2.45, 2.75) is 19.4 Å². The Morgan fingerprint density at radius 2 is 2.44 bits per heavy atom. The SMILES string of the molecule is Cc1cc(Br)ccc1NC(=O)CC1CSCCN1. The quantitative estimate of drug-likeness (QED) is 0.896. The van der Waals surface area contributed by atoms with E-state index >= 15 is 0 Å². The molecule has 98 valence electrons. The second-order valence-corrected chi connectivity index (χ2v) is 6.50. The molecule has 0 saturated carbocycles. The average molecular weight is 329 g/mol. The maximum absolute atomic E-state index is 11.9. The van der Waals surface area contributed by atoms with Crippen LogP contribution in [-0.4, -0.2) is 30.0 Å². The molecule has 3 nitrogen and oxygen atoms in total. The van der Waals surface area contributed by atoms with E-state index in [1.807, 2.05) is 36.9 Å². The maximum Gasteiger partial charge on any atom is 0.225 e. The molecule has 1 heterocycles. The number of carbonyl (C=O) groups is 1. The monoisotopic (exact) mass is 328 g/mol. The van der Waals surface area contributed by atoms with Crippen molar-refractivity contribution in [3.63, 3.8) is 0 Å². The number of amides is 1. The Labute approximate surface area is 120 Å². The summed E-state index contributed by atoms with van der Waals surface area (Å²) in [5.41, 5.74) is 1.97. The zero-order valence-corrected chi connectivity index (χ0v) is 12.7. The highest BCUT2D eigenvalue weighted by Gasteiger charge is 2.16. The number of aryl methyl sites for hydroxylation is 1. The van der Waals surface area contributed by atoms with E-state index in [-0.39, 0.29) is 5.91 Å². The van der Waals surface area contributed by atoms with Crippen molar-refractivity contribution in [1.29, 1.82) is 0 Å². The van der Waals surface area contributed by atoms with E-state index in [0.29, 0.717) is 12.5 Å². The predicted molar refractivity (Wildman–Crippen MR) is 81.2 cm³/mol. The second kappa shape index (κ2) is 6.59. The lowest BCUT2D eigenvalue weighted by atomic mass is 10.1. The number of thioether (sulfide) groups is 1. The lowest BCUT2D eigenvalue weighted by Crippen LogP contribution is -2.39. The van der Waals surface area contributed by atoms with Crippen molar-refractivity contribution in [1.82, 2.24) is 5.32 Å². The number of hydrogen-bond donors (Lipinski definition) is 2. The molecule has 1 atom stereocenters. The number of hydrogen-bond acceptors (Lipinski definition) is 3. The van der Waals surface area contributed by atoms with Crippen LogP contribution in [0, 0.1) is 6.92 Å². The van der Waals surface area contributed by atoms with Crippen molar-refractivity contribution in [3.8, 4) is 0 Å². The maximum atomic E-state index is 11.9. The first-order valence-corrected chi connectivity index (χ1v) is 7.97. The molecule has 2 rings (SSSR count). The Hall–Kier alpha value is -0.520. The molecule has 18 heavy (non-hydrogen) atoms. The first-order valence-electron chi connectivity index (χ1n) is 6.02. The Balaban J connectivity index is 1.90. The molecule has 0 aliphatic carbocycles. The van der Waals surface area contributed by atoms with Crippen LogP contribution in [0.3, 0.4) is 0 Å². The minimum absolute atomic E-state index is 0.0837. The average Bonchev–Trinajstić information content (AvgIpc) is 2.34. The smallest absolute Gasteiger partial charge is 0.225 e. The fraction of sp³-hybridized carbons (Fsp3) is 0.462. The molecule has 0 spiro atoms. The molecule has 1 fully saturated rings. The van der Waals surface area contributed by atoms with Gasteiger partial charge in [-0.3, -0.25) is 4.79 Å². The normalized spacial score (nSPS) is 19.6. The van der Waals surface area contributed by atoms with Crippen molar-refractivity contribution in [3.05, 3.63) is 28.2 Å². The molecule has 1 aromatic carbocycles. The van der Waals surface area contributed by atoms with Gasteiger partial charge in [-0.05, 0) is 30.7 Å². The molecule has 1 aliphatic rings. The van der Waals surface area contributed by atoms with Gasteiger partial charge >= 0.3 is 0 Å². The highest BCUT2D eigenvalue weighted by atomic mass is 79.9. The van der Waals surface area contributed by atoms with Crippen LogP contribution in [0.15, 0.2) is 22.7 Å². The van der Waals surface area contributed by atoms with Crippen LogP contribution in [0.4, 0.5) is 5.69 Å². The van der Waals surface area contributed by atoms with Crippen LogP contribution in [0.5, 0.6) is 0 Å². The molecule has 0 bridgehead atoms. The van der Waals surface area contributed by atoms with Crippen LogP contribution >= 0.6 is 27.7 Å². The fourth-order valence-electron chi connectivity index (χ4n) is 1.94. The van der Waals surface area contributed by atoms with E-state index < -0.39 is 0 Å². The van der Waals surface area contributed by atoms with E-state index in [2.05, 4.69) is 26.6 Å². The molecule has 1 saturated heterocycles. The van der Waals surface area contributed by atoms with E-state index in [0.717, 1.165) is 33.8 Å². The lowest BCUT2D eigenvalue weighted by molar-refractivity contribution is -0.116. The van der Waals surface area contributed by atoms with Crippen LogP contribution < -0.4 is 10.6 Å². The molecule has 0 radical (unpaired) electrons. The molecule has 2 N–H and O–H groups in total. The molecule has 1 aliphatic heterocycles. The van der Waals surface area contributed by atoms with Gasteiger partial charge in [0, 0.05) is 40.7 Å². The Bertz CT molecular complexity index is 433. The summed E-state index contributed by atoms with van der Waals surface area (Å²) < 4.78 is 1.03. The number of halogens is 1. The minimum Gasteiger partial charge on any atom is -0.326 e. The zero-order chi connectivity index (χ0) is 13.0. The predicted octanol–water partition coefficient (Wildman–Crippen LogP) is 2.79. The Morgan fingerprint density at radius 1 is 1.61 bits per heavy atom. The summed E-state index contributed by atoms with van der Waals surface area (Å²) in [6.07, 6.45) is 0.544. The van der Waals surface area contributed by atoms with Gasteiger partial charge in [-0.25, -0.2) is 0 Å². The van der Waals surface area contributed by atoms with E-state index in [4.69, 9.17) is 0 Å². The Morgan fingerprint density at radius 3 is 3.11 bits per heavy atom. The third-order valence-electron chi connectivity index (χ3n) is 2.89. The van der Waals surface area contributed by atoms with Crippen molar-refractivity contribution in [2.24, 2.45) is 0 Å². The van der Waals surface area contributed by atoms with Gasteiger partial charge in [0.05, 0.1) is 0 Å². The summed E-state index contributed by atoms with van der Waals surface area (Å²) in [4.78, 5) is 11.9. The van der Waals surface area contributed by atoms with Gasteiger partial charge in [-0.1, -0.05) is 15.9 Å². The zero-order valence-electron chi connectivity index (χ0n) is 10.3. The third kappa shape index (κ3) is 4.00. The summed E-state index contributed by atoms with van der Waals surface area (Å²) in [6.45, 7) is 3.00. The second-order valence-electron chi connectivity index (χ2n) is 4.44. The highest BCUT2D eigenvalue weighted by molar-refractivity contribution is 9.10. The standard InChI is InChI=1S/C13H17BrN2OS/c1-9-6-10(14)2-3-12(9)16-13(17)7-11-8-18-5-4-15-11/h2-3,6,11,15H,4-5,7-8H2,1H3,(H,16,17). The van der Waals surface area contributed by atoms with E-state index in [1.165, 1.54) is 0 Å². The molecular weight excluding hydrogens is 312 g/mol. The van der Waals surface area contributed by atoms with E-state index in [9.17, 15) is 4.79 Å². The van der Waals surface area contributed by atoms with Gasteiger partial charge in [0.15, 0.2) is 0 Å². The lowest BCUT2D eigenvalue weighted by Gasteiger charge is -2.22. The first-order chi connectivity index (χ1) is 8.65.